The lowest BCUT2D eigenvalue weighted by Gasteiger charge is -2.16. The fourth-order valence-electron chi connectivity index (χ4n) is 2.19. The quantitative estimate of drug-likeness (QED) is 0.742. The Kier molecular flexibility index (Phi) is 3.79. The maximum absolute atomic E-state index is 13.6. The number of alkyl halides is 8. The number of benzene rings is 1. The molecular weight excluding hydrogens is 312 g/mol. The van der Waals surface area contributed by atoms with Crippen molar-refractivity contribution in [3.63, 3.8) is 0 Å². The second-order valence-corrected chi connectivity index (χ2v) is 4.50. The van der Waals surface area contributed by atoms with Gasteiger partial charge in [0.1, 0.15) is 12.4 Å². The van der Waals surface area contributed by atoms with Crippen LogP contribution < -0.4 is 4.74 Å². The number of ether oxygens (including phenoxy) is 1. The molecule has 0 fully saturated rings. The summed E-state index contributed by atoms with van der Waals surface area (Å²) in [6.45, 7) is -1.18. The summed E-state index contributed by atoms with van der Waals surface area (Å²) in [6.07, 6.45) is -12.5. The van der Waals surface area contributed by atoms with Gasteiger partial charge in [0.15, 0.2) is 6.17 Å². The summed E-state index contributed by atoms with van der Waals surface area (Å²) >= 11 is 0. The van der Waals surface area contributed by atoms with Crippen molar-refractivity contribution < 1.29 is 39.9 Å². The van der Waals surface area contributed by atoms with Gasteiger partial charge in [0.2, 0.25) is 0 Å². The summed E-state index contributed by atoms with van der Waals surface area (Å²) < 4.78 is 107. The summed E-state index contributed by atoms with van der Waals surface area (Å²) in [5.74, 6) is -4.62. The molecular formula is C12H8F8O. The lowest BCUT2D eigenvalue weighted by Crippen LogP contribution is -2.20. The van der Waals surface area contributed by atoms with Gasteiger partial charge in [-0.3, -0.25) is 0 Å². The van der Waals surface area contributed by atoms with Gasteiger partial charge in [0, 0.05) is 17.5 Å². The van der Waals surface area contributed by atoms with Gasteiger partial charge in [-0.25, -0.2) is 22.0 Å². The first-order valence-corrected chi connectivity index (χ1v) is 5.70. The van der Waals surface area contributed by atoms with Gasteiger partial charge in [-0.15, -0.1) is 0 Å². The standard InChI is InChI=1S/C12H8F8O/c13-8(14)4-21-7-2-1-6(12(18,19)20)9-5(7)3-11(16,17)10(9)15/h1-2,8,10H,3-4H2. The summed E-state index contributed by atoms with van der Waals surface area (Å²) in [5.41, 5.74) is -3.51. The van der Waals surface area contributed by atoms with Gasteiger partial charge < -0.3 is 4.74 Å². The number of hydrogen-bond acceptors (Lipinski definition) is 1. The minimum Gasteiger partial charge on any atom is -0.487 e. The molecule has 0 heterocycles. The van der Waals surface area contributed by atoms with Crippen LogP contribution in [0.1, 0.15) is 22.9 Å². The zero-order valence-electron chi connectivity index (χ0n) is 10.2. The zero-order valence-corrected chi connectivity index (χ0v) is 10.2. The van der Waals surface area contributed by atoms with E-state index in [0.717, 1.165) is 0 Å². The lowest BCUT2D eigenvalue weighted by molar-refractivity contribution is -0.140. The minimum absolute atomic E-state index is 0.355. The molecule has 0 aliphatic heterocycles. The highest BCUT2D eigenvalue weighted by Gasteiger charge is 2.53. The first kappa shape index (κ1) is 15.8. The maximum atomic E-state index is 13.6. The van der Waals surface area contributed by atoms with Crippen LogP contribution in [0, 0.1) is 0 Å². The average Bonchev–Trinajstić information content (AvgIpc) is 2.57. The van der Waals surface area contributed by atoms with Gasteiger partial charge in [0.05, 0.1) is 5.56 Å². The summed E-state index contributed by atoms with van der Waals surface area (Å²) in [6, 6.07) is 1.01. The molecule has 1 nitrogen and oxygen atoms in total. The Morgan fingerprint density at radius 3 is 2.38 bits per heavy atom. The third kappa shape index (κ3) is 2.91. The largest absolute Gasteiger partial charge is 0.487 e. The van der Waals surface area contributed by atoms with E-state index in [4.69, 9.17) is 0 Å². The topological polar surface area (TPSA) is 9.23 Å². The molecule has 9 heteroatoms. The van der Waals surface area contributed by atoms with Crippen LogP contribution in [0.4, 0.5) is 35.1 Å². The van der Waals surface area contributed by atoms with Crippen LogP contribution in [0.2, 0.25) is 0 Å². The molecule has 1 aromatic rings. The first-order valence-electron chi connectivity index (χ1n) is 5.70. The average molecular weight is 320 g/mol. The summed E-state index contributed by atoms with van der Waals surface area (Å²) in [4.78, 5) is 0. The van der Waals surface area contributed by atoms with E-state index >= 15 is 0 Å². The van der Waals surface area contributed by atoms with Crippen molar-refractivity contribution in [3.8, 4) is 5.75 Å². The Bertz CT molecular complexity index is 537. The van der Waals surface area contributed by atoms with E-state index in [1.54, 1.807) is 0 Å². The van der Waals surface area contributed by atoms with Crippen molar-refractivity contribution in [1.82, 2.24) is 0 Å². The normalized spacial score (nSPS) is 20.7. The molecule has 0 saturated heterocycles. The van der Waals surface area contributed by atoms with Crippen molar-refractivity contribution in [2.45, 2.75) is 31.1 Å². The van der Waals surface area contributed by atoms with Gasteiger partial charge >= 0.3 is 6.18 Å². The highest BCUT2D eigenvalue weighted by molar-refractivity contribution is 5.52. The Labute approximate surface area is 113 Å². The van der Waals surface area contributed by atoms with E-state index < -0.39 is 60.2 Å². The maximum Gasteiger partial charge on any atom is 0.416 e. The SMILES string of the molecule is FC(F)COc1ccc(C(F)(F)F)c2c1CC(F)(F)C2F. The highest BCUT2D eigenvalue weighted by Crippen LogP contribution is 2.52. The van der Waals surface area contributed by atoms with Crippen LogP contribution in [0.3, 0.4) is 0 Å². The number of fused-ring (bicyclic) bond motifs is 1. The minimum atomic E-state index is -5.03. The predicted octanol–water partition coefficient (Wildman–Crippen LogP) is 4.55. The Morgan fingerprint density at radius 2 is 1.86 bits per heavy atom. The predicted molar refractivity (Wildman–Crippen MR) is 55.4 cm³/mol. The second-order valence-electron chi connectivity index (χ2n) is 4.50. The van der Waals surface area contributed by atoms with Crippen molar-refractivity contribution in [1.29, 1.82) is 0 Å². The third-order valence-electron chi connectivity index (χ3n) is 3.02. The van der Waals surface area contributed by atoms with Crippen LogP contribution in [-0.4, -0.2) is 19.0 Å². The van der Waals surface area contributed by atoms with Crippen molar-refractivity contribution in [2.24, 2.45) is 0 Å². The molecule has 1 unspecified atom stereocenters. The fourth-order valence-corrected chi connectivity index (χ4v) is 2.19. The van der Waals surface area contributed by atoms with Crippen LogP contribution in [-0.2, 0) is 12.6 Å². The molecule has 0 saturated carbocycles. The molecule has 0 aromatic heterocycles. The zero-order chi connectivity index (χ0) is 16.0. The smallest absolute Gasteiger partial charge is 0.416 e. The van der Waals surface area contributed by atoms with Crippen LogP contribution in [0.5, 0.6) is 5.75 Å². The molecule has 0 bridgehead atoms. The second kappa shape index (κ2) is 5.03. The highest BCUT2D eigenvalue weighted by atomic mass is 19.4. The van der Waals surface area contributed by atoms with Crippen molar-refractivity contribution in [2.75, 3.05) is 6.61 Å². The van der Waals surface area contributed by atoms with E-state index in [1.807, 2.05) is 0 Å². The Hall–Kier alpha value is -1.54. The van der Waals surface area contributed by atoms with E-state index in [1.165, 1.54) is 0 Å². The molecule has 1 atom stereocenters. The third-order valence-corrected chi connectivity index (χ3v) is 3.02. The first-order chi connectivity index (χ1) is 9.54. The van der Waals surface area contributed by atoms with Crippen LogP contribution in [0.15, 0.2) is 12.1 Å². The van der Waals surface area contributed by atoms with Crippen LogP contribution in [0.25, 0.3) is 0 Å². The van der Waals surface area contributed by atoms with E-state index in [0.29, 0.717) is 12.1 Å². The van der Waals surface area contributed by atoms with Gasteiger partial charge in [-0.2, -0.15) is 13.2 Å². The molecule has 1 aliphatic carbocycles. The molecule has 0 N–H and O–H groups in total. The van der Waals surface area contributed by atoms with E-state index in [9.17, 15) is 35.1 Å². The monoisotopic (exact) mass is 320 g/mol. The number of halogens is 8. The van der Waals surface area contributed by atoms with Crippen molar-refractivity contribution in [3.05, 3.63) is 28.8 Å². The molecule has 2 rings (SSSR count). The molecule has 0 radical (unpaired) electrons. The lowest BCUT2D eigenvalue weighted by atomic mass is 10.0. The van der Waals surface area contributed by atoms with Gasteiger partial charge in [-0.1, -0.05) is 0 Å². The van der Waals surface area contributed by atoms with Gasteiger partial charge in [-0.05, 0) is 12.1 Å². The molecule has 118 valence electrons. The number of rotatable bonds is 3. The van der Waals surface area contributed by atoms with Crippen molar-refractivity contribution >= 4 is 0 Å². The molecule has 21 heavy (non-hydrogen) atoms. The molecule has 1 aliphatic rings. The summed E-state index contributed by atoms with van der Waals surface area (Å²) in [7, 11) is 0. The van der Waals surface area contributed by atoms with E-state index in [2.05, 4.69) is 4.74 Å². The van der Waals surface area contributed by atoms with Crippen LogP contribution >= 0.6 is 0 Å². The number of hydrogen-bond donors (Lipinski definition) is 0. The molecule has 0 amide bonds. The fraction of sp³-hybridized carbons (Fsp3) is 0.500. The summed E-state index contributed by atoms with van der Waals surface area (Å²) in [5, 5.41) is 0. The Morgan fingerprint density at radius 1 is 1.24 bits per heavy atom. The molecule has 0 spiro atoms. The molecule has 1 aromatic carbocycles. The Balaban J connectivity index is 2.52. The van der Waals surface area contributed by atoms with E-state index in [-0.39, 0.29) is 0 Å². The van der Waals surface area contributed by atoms with Gasteiger partial charge in [0.25, 0.3) is 12.3 Å².